The number of ether oxygens (including phenoxy) is 1. The SMILES string of the molecule is CCc1cccc(OCC(=O)Nc2ccccc2[C@H](C)CC)c1. The molecule has 3 heteroatoms. The number of benzene rings is 2. The van der Waals surface area contributed by atoms with Crippen LogP contribution in [0.1, 0.15) is 44.2 Å². The summed E-state index contributed by atoms with van der Waals surface area (Å²) in [6, 6.07) is 15.8. The summed E-state index contributed by atoms with van der Waals surface area (Å²) in [6.45, 7) is 6.42. The molecule has 0 spiro atoms. The van der Waals surface area contributed by atoms with Gasteiger partial charge < -0.3 is 10.1 Å². The third-order valence-corrected chi connectivity index (χ3v) is 4.05. The molecule has 0 fully saturated rings. The molecule has 0 radical (unpaired) electrons. The lowest BCUT2D eigenvalue weighted by molar-refractivity contribution is -0.118. The maximum Gasteiger partial charge on any atom is 0.262 e. The third kappa shape index (κ3) is 4.85. The predicted molar refractivity (Wildman–Crippen MR) is 95.1 cm³/mol. The first-order chi connectivity index (χ1) is 11.1. The topological polar surface area (TPSA) is 38.3 Å². The Labute approximate surface area is 138 Å². The van der Waals surface area contributed by atoms with Crippen molar-refractivity contribution in [2.75, 3.05) is 11.9 Å². The van der Waals surface area contributed by atoms with Crippen LogP contribution in [0.3, 0.4) is 0 Å². The number of rotatable bonds is 7. The van der Waals surface area contributed by atoms with Gasteiger partial charge in [0.15, 0.2) is 6.61 Å². The maximum atomic E-state index is 12.2. The van der Waals surface area contributed by atoms with Gasteiger partial charge in [0.1, 0.15) is 5.75 Å². The fourth-order valence-electron chi connectivity index (χ4n) is 2.45. The number of aryl methyl sites for hydroxylation is 1. The minimum Gasteiger partial charge on any atom is -0.484 e. The highest BCUT2D eigenvalue weighted by Crippen LogP contribution is 2.26. The zero-order valence-corrected chi connectivity index (χ0v) is 14.1. The molecule has 0 aliphatic heterocycles. The van der Waals surface area contributed by atoms with E-state index in [4.69, 9.17) is 4.74 Å². The van der Waals surface area contributed by atoms with Crippen molar-refractivity contribution < 1.29 is 9.53 Å². The number of carbonyl (C=O) groups excluding carboxylic acids is 1. The van der Waals surface area contributed by atoms with Gasteiger partial charge in [0.05, 0.1) is 0 Å². The highest BCUT2D eigenvalue weighted by molar-refractivity contribution is 5.92. The Morgan fingerprint density at radius 1 is 1.13 bits per heavy atom. The number of hydrogen-bond acceptors (Lipinski definition) is 2. The van der Waals surface area contributed by atoms with Gasteiger partial charge in [-0.25, -0.2) is 0 Å². The molecular weight excluding hydrogens is 286 g/mol. The number of hydrogen-bond donors (Lipinski definition) is 1. The Bertz CT molecular complexity index is 652. The minimum absolute atomic E-state index is 0.0159. The third-order valence-electron chi connectivity index (χ3n) is 4.05. The van der Waals surface area contributed by atoms with E-state index in [0.717, 1.165) is 29.8 Å². The van der Waals surface area contributed by atoms with E-state index in [1.165, 1.54) is 5.56 Å². The average molecular weight is 311 g/mol. The lowest BCUT2D eigenvalue weighted by Crippen LogP contribution is -2.21. The van der Waals surface area contributed by atoms with E-state index in [9.17, 15) is 4.79 Å². The highest BCUT2D eigenvalue weighted by Gasteiger charge is 2.11. The summed E-state index contributed by atoms with van der Waals surface area (Å²) in [5, 5.41) is 2.96. The molecule has 0 bridgehead atoms. The fourth-order valence-corrected chi connectivity index (χ4v) is 2.45. The first-order valence-electron chi connectivity index (χ1n) is 8.24. The zero-order chi connectivity index (χ0) is 16.7. The Morgan fingerprint density at radius 3 is 2.65 bits per heavy atom. The molecule has 2 aromatic rings. The van der Waals surface area contributed by atoms with Crippen LogP contribution in [0.15, 0.2) is 48.5 Å². The average Bonchev–Trinajstić information content (AvgIpc) is 2.60. The molecule has 0 saturated heterocycles. The van der Waals surface area contributed by atoms with Crippen LogP contribution in [0, 0.1) is 0 Å². The van der Waals surface area contributed by atoms with E-state index in [0.29, 0.717) is 5.92 Å². The second-order valence-electron chi connectivity index (χ2n) is 5.73. The second kappa shape index (κ2) is 8.37. The van der Waals surface area contributed by atoms with Crippen molar-refractivity contribution in [1.29, 1.82) is 0 Å². The molecule has 1 amide bonds. The summed E-state index contributed by atoms with van der Waals surface area (Å²) in [5.74, 6) is 1.01. The van der Waals surface area contributed by atoms with Gasteiger partial charge in [-0.1, -0.05) is 51.1 Å². The summed E-state index contributed by atoms with van der Waals surface area (Å²) in [7, 11) is 0. The van der Waals surface area contributed by atoms with E-state index in [1.54, 1.807) is 0 Å². The summed E-state index contributed by atoms with van der Waals surface area (Å²) >= 11 is 0. The van der Waals surface area contributed by atoms with Crippen molar-refractivity contribution in [2.45, 2.75) is 39.5 Å². The van der Waals surface area contributed by atoms with Crippen LogP contribution in [0.2, 0.25) is 0 Å². The summed E-state index contributed by atoms with van der Waals surface area (Å²) in [6.07, 6.45) is 1.98. The van der Waals surface area contributed by atoms with Gasteiger partial charge in [-0.2, -0.15) is 0 Å². The van der Waals surface area contributed by atoms with Gasteiger partial charge in [0.2, 0.25) is 0 Å². The minimum atomic E-state index is -0.136. The van der Waals surface area contributed by atoms with Gasteiger partial charge in [0, 0.05) is 5.69 Å². The van der Waals surface area contributed by atoms with Crippen LogP contribution < -0.4 is 10.1 Å². The quantitative estimate of drug-likeness (QED) is 0.799. The van der Waals surface area contributed by atoms with Crippen molar-refractivity contribution >= 4 is 11.6 Å². The summed E-state index contributed by atoms with van der Waals surface area (Å²) in [4.78, 5) is 12.2. The molecular formula is C20H25NO2. The van der Waals surface area contributed by atoms with Crippen LogP contribution in [-0.4, -0.2) is 12.5 Å². The Balaban J connectivity index is 1.97. The Kier molecular flexibility index (Phi) is 6.21. The first-order valence-corrected chi connectivity index (χ1v) is 8.24. The number of carbonyl (C=O) groups is 1. The first kappa shape index (κ1) is 17.1. The second-order valence-corrected chi connectivity index (χ2v) is 5.73. The van der Waals surface area contributed by atoms with E-state index >= 15 is 0 Å². The normalized spacial score (nSPS) is 11.8. The lowest BCUT2D eigenvalue weighted by atomic mass is 9.97. The number of anilines is 1. The van der Waals surface area contributed by atoms with Crippen molar-refractivity contribution in [3.8, 4) is 5.75 Å². The van der Waals surface area contributed by atoms with Crippen LogP contribution in [-0.2, 0) is 11.2 Å². The van der Waals surface area contributed by atoms with Crippen molar-refractivity contribution in [2.24, 2.45) is 0 Å². The molecule has 1 atom stereocenters. The molecule has 1 N–H and O–H groups in total. The monoisotopic (exact) mass is 311 g/mol. The van der Waals surface area contributed by atoms with Crippen LogP contribution in [0.5, 0.6) is 5.75 Å². The van der Waals surface area contributed by atoms with E-state index < -0.39 is 0 Å². The molecule has 0 aliphatic carbocycles. The van der Waals surface area contributed by atoms with E-state index in [2.05, 4.69) is 38.2 Å². The molecule has 2 rings (SSSR count). The molecule has 0 heterocycles. The smallest absolute Gasteiger partial charge is 0.262 e. The lowest BCUT2D eigenvalue weighted by Gasteiger charge is -2.15. The standard InChI is InChI=1S/C20H25NO2/c1-4-15(3)18-11-6-7-12-19(18)21-20(22)14-23-17-10-8-9-16(5-2)13-17/h6-13,15H,4-5,14H2,1-3H3,(H,21,22)/t15-/m1/s1. The predicted octanol–water partition coefficient (Wildman–Crippen LogP) is 4.78. The maximum absolute atomic E-state index is 12.2. The molecule has 0 aliphatic rings. The van der Waals surface area contributed by atoms with Crippen LogP contribution >= 0.6 is 0 Å². The van der Waals surface area contributed by atoms with Gasteiger partial charge in [-0.15, -0.1) is 0 Å². The zero-order valence-electron chi connectivity index (χ0n) is 14.1. The summed E-state index contributed by atoms with van der Waals surface area (Å²) in [5.41, 5.74) is 3.24. The van der Waals surface area contributed by atoms with Gasteiger partial charge >= 0.3 is 0 Å². The fraction of sp³-hybridized carbons (Fsp3) is 0.350. The van der Waals surface area contributed by atoms with Crippen molar-refractivity contribution in [3.05, 3.63) is 59.7 Å². The number of nitrogens with one attached hydrogen (secondary N) is 1. The van der Waals surface area contributed by atoms with Crippen LogP contribution in [0.4, 0.5) is 5.69 Å². The van der Waals surface area contributed by atoms with Crippen molar-refractivity contribution in [1.82, 2.24) is 0 Å². The Morgan fingerprint density at radius 2 is 1.91 bits per heavy atom. The molecule has 3 nitrogen and oxygen atoms in total. The van der Waals surface area contributed by atoms with Crippen molar-refractivity contribution in [3.63, 3.8) is 0 Å². The van der Waals surface area contributed by atoms with Gasteiger partial charge in [-0.3, -0.25) is 4.79 Å². The highest BCUT2D eigenvalue weighted by atomic mass is 16.5. The van der Waals surface area contributed by atoms with E-state index in [1.807, 2.05) is 36.4 Å². The van der Waals surface area contributed by atoms with Gasteiger partial charge in [0.25, 0.3) is 5.91 Å². The number of amides is 1. The molecule has 0 unspecified atom stereocenters. The number of para-hydroxylation sites is 1. The van der Waals surface area contributed by atoms with Crippen LogP contribution in [0.25, 0.3) is 0 Å². The largest absolute Gasteiger partial charge is 0.484 e. The Hall–Kier alpha value is -2.29. The van der Waals surface area contributed by atoms with E-state index in [-0.39, 0.29) is 12.5 Å². The molecule has 0 saturated carbocycles. The molecule has 2 aromatic carbocycles. The molecule has 23 heavy (non-hydrogen) atoms. The molecule has 0 aromatic heterocycles. The van der Waals surface area contributed by atoms with Gasteiger partial charge in [-0.05, 0) is 48.1 Å². The molecule has 122 valence electrons. The summed E-state index contributed by atoms with van der Waals surface area (Å²) < 4.78 is 5.60.